The summed E-state index contributed by atoms with van der Waals surface area (Å²) < 4.78 is 122. The van der Waals surface area contributed by atoms with Crippen molar-refractivity contribution in [3.05, 3.63) is 212 Å². The molecule has 0 aliphatic carbocycles. The highest BCUT2D eigenvalue weighted by molar-refractivity contribution is 6.16. The highest BCUT2D eigenvalue weighted by atomic mass is 16.3. The van der Waals surface area contributed by atoms with Gasteiger partial charge in [-0.25, -0.2) is 0 Å². The molecule has 0 N–H and O–H groups in total. The van der Waals surface area contributed by atoms with Crippen LogP contribution in [0.15, 0.2) is 216 Å². The average Bonchev–Trinajstić information content (AvgIpc) is 3.72. The second-order valence-electron chi connectivity index (χ2n) is 13.5. The van der Waals surface area contributed by atoms with Crippen LogP contribution in [0.1, 0.15) is 16.4 Å². The Morgan fingerprint density at radius 2 is 0.875 bits per heavy atom. The highest BCUT2D eigenvalue weighted by Crippen LogP contribution is 2.46. The fourth-order valence-corrected chi connectivity index (χ4v) is 7.72. The van der Waals surface area contributed by atoms with Crippen LogP contribution < -0.4 is 4.90 Å². The summed E-state index contributed by atoms with van der Waals surface area (Å²) in [6.07, 6.45) is 0. The summed E-state index contributed by atoms with van der Waals surface area (Å²) in [5.74, 6) is 0. The van der Waals surface area contributed by atoms with Gasteiger partial charge in [0.1, 0.15) is 11.2 Å². The standard InChI is InChI=1S/C54H35NO/c1-2-15-41-35-53-50(34-40(41)14-1)54-49(23-11-25-52(54)56-53)48-20-7-8-24-51(48)55(42-30-26-38(27-31-42)46-21-9-16-36-12-3-5-18-44(36)46)43-32-28-39(29-33-43)47-22-10-17-37-13-4-6-19-45(37)47/h1-35H/i7D,8D,20D,24D,26D,27D,28D,29D,30D,31D,32D,33D. The number of fused-ring (bicyclic) bond motifs is 6. The number of benzene rings is 10. The molecule has 0 atom stereocenters. The van der Waals surface area contributed by atoms with Crippen molar-refractivity contribution in [3.63, 3.8) is 0 Å². The lowest BCUT2D eigenvalue weighted by Gasteiger charge is -2.28. The van der Waals surface area contributed by atoms with Crippen LogP contribution in [0.25, 0.3) is 87.6 Å². The summed E-state index contributed by atoms with van der Waals surface area (Å²) in [5, 5.41) is 5.78. The van der Waals surface area contributed by atoms with Crippen molar-refractivity contribution in [2.45, 2.75) is 0 Å². The molecule has 0 aliphatic heterocycles. The molecule has 1 aromatic heterocycles. The fraction of sp³-hybridized carbons (Fsp3) is 0. The molecule has 0 spiro atoms. The van der Waals surface area contributed by atoms with E-state index in [0.717, 1.165) is 26.4 Å². The van der Waals surface area contributed by atoms with Crippen LogP contribution in [0.5, 0.6) is 0 Å². The maximum absolute atomic E-state index is 9.81. The zero-order valence-electron chi connectivity index (χ0n) is 41.6. The lowest BCUT2D eigenvalue weighted by atomic mass is 9.95. The van der Waals surface area contributed by atoms with Gasteiger partial charge in [0.15, 0.2) is 0 Å². The van der Waals surface area contributed by atoms with E-state index < -0.39 is 89.6 Å². The maximum Gasteiger partial charge on any atom is 0.136 e. The number of hydrogen-bond donors (Lipinski definition) is 0. The number of hydrogen-bond acceptors (Lipinski definition) is 2. The first-order valence-electron chi connectivity index (χ1n) is 24.2. The topological polar surface area (TPSA) is 16.4 Å². The molecule has 0 saturated carbocycles. The van der Waals surface area contributed by atoms with Gasteiger partial charge < -0.3 is 9.32 Å². The Morgan fingerprint density at radius 3 is 1.50 bits per heavy atom. The Hall–Kier alpha value is -7.42. The average molecular weight is 726 g/mol. The minimum Gasteiger partial charge on any atom is -0.456 e. The maximum atomic E-state index is 9.81. The Kier molecular flexibility index (Phi) is 5.19. The lowest BCUT2D eigenvalue weighted by molar-refractivity contribution is 0.669. The molecular weight excluding hydrogens is 679 g/mol. The number of nitrogens with zero attached hydrogens (tertiary/aromatic N) is 1. The molecule has 262 valence electrons. The van der Waals surface area contributed by atoms with Crippen LogP contribution in [0.2, 0.25) is 0 Å². The zero-order valence-corrected chi connectivity index (χ0v) is 29.6. The van der Waals surface area contributed by atoms with E-state index in [1.807, 2.05) is 84.9 Å². The first kappa shape index (κ1) is 22.1. The lowest BCUT2D eigenvalue weighted by Crippen LogP contribution is -2.11. The van der Waals surface area contributed by atoms with Crippen molar-refractivity contribution < 1.29 is 20.9 Å². The molecule has 11 rings (SSSR count). The Bertz CT molecular complexity index is 3760. The molecule has 0 fully saturated rings. The largest absolute Gasteiger partial charge is 0.456 e. The van der Waals surface area contributed by atoms with Gasteiger partial charge in [-0.2, -0.15) is 0 Å². The minimum atomic E-state index is -0.723. The molecule has 0 amide bonds. The predicted octanol–water partition coefficient (Wildman–Crippen LogP) is 15.5. The van der Waals surface area contributed by atoms with E-state index in [-0.39, 0.29) is 22.3 Å². The first-order valence-corrected chi connectivity index (χ1v) is 18.2. The van der Waals surface area contributed by atoms with E-state index in [9.17, 15) is 13.7 Å². The van der Waals surface area contributed by atoms with Gasteiger partial charge in [0.05, 0.1) is 22.1 Å². The van der Waals surface area contributed by atoms with Gasteiger partial charge in [0.25, 0.3) is 0 Å². The van der Waals surface area contributed by atoms with Crippen LogP contribution in [0.4, 0.5) is 17.1 Å². The summed E-state index contributed by atoms with van der Waals surface area (Å²) in [6, 6.07) is 34.7. The summed E-state index contributed by atoms with van der Waals surface area (Å²) in [7, 11) is 0. The van der Waals surface area contributed by atoms with E-state index in [2.05, 4.69) is 0 Å². The second-order valence-corrected chi connectivity index (χ2v) is 13.5. The van der Waals surface area contributed by atoms with Gasteiger partial charge in [0.2, 0.25) is 0 Å². The molecule has 0 bridgehead atoms. The molecule has 0 saturated heterocycles. The normalized spacial score (nSPS) is 14.6. The Labute approximate surface area is 342 Å². The quantitative estimate of drug-likeness (QED) is 0.170. The third-order valence-electron chi connectivity index (χ3n) is 10.3. The number of para-hydroxylation sites is 1. The van der Waals surface area contributed by atoms with E-state index >= 15 is 0 Å². The Morgan fingerprint density at radius 1 is 0.375 bits per heavy atom. The van der Waals surface area contributed by atoms with Crippen LogP contribution in [-0.4, -0.2) is 0 Å². The minimum absolute atomic E-state index is 0.0385. The number of furan rings is 1. The molecule has 10 aromatic carbocycles. The van der Waals surface area contributed by atoms with Gasteiger partial charge in [-0.05, 0) is 109 Å². The van der Waals surface area contributed by atoms with Crippen molar-refractivity contribution >= 4 is 71.3 Å². The SMILES string of the molecule is [2H]c1c([2H])c([2H])c(N(c2c([2H])c([2H])c(-c3cccc4ccccc34)c([2H])c2[2H])c2c([2H])c([2H])c(-c3cccc4ccccc34)c([2H])c2[2H])c(-c2cccc3oc4cc5ccccc5cc4c23)c1[2H]. The first-order chi connectivity index (χ1) is 32.8. The van der Waals surface area contributed by atoms with Gasteiger partial charge in [-0.3, -0.25) is 0 Å². The van der Waals surface area contributed by atoms with E-state index in [1.54, 1.807) is 54.6 Å². The van der Waals surface area contributed by atoms with Crippen molar-refractivity contribution in [2.24, 2.45) is 0 Å². The van der Waals surface area contributed by atoms with E-state index in [1.165, 1.54) is 0 Å². The molecule has 11 aromatic rings. The van der Waals surface area contributed by atoms with Gasteiger partial charge in [0, 0.05) is 27.7 Å². The summed E-state index contributed by atoms with van der Waals surface area (Å²) in [5.41, 5.74) is 0.181. The number of rotatable bonds is 6. The van der Waals surface area contributed by atoms with Crippen LogP contribution in [0, 0.1) is 0 Å². The molecule has 0 radical (unpaired) electrons. The predicted molar refractivity (Wildman–Crippen MR) is 237 cm³/mol. The van der Waals surface area contributed by atoms with Crippen molar-refractivity contribution in [2.75, 3.05) is 4.90 Å². The van der Waals surface area contributed by atoms with Crippen LogP contribution in [-0.2, 0) is 0 Å². The third kappa shape index (κ3) is 5.34. The van der Waals surface area contributed by atoms with Crippen molar-refractivity contribution in [1.82, 2.24) is 0 Å². The molecule has 0 aliphatic rings. The molecule has 2 nitrogen and oxygen atoms in total. The number of anilines is 3. The van der Waals surface area contributed by atoms with Crippen molar-refractivity contribution in [3.8, 4) is 33.4 Å². The summed E-state index contributed by atoms with van der Waals surface area (Å²) >= 11 is 0. The van der Waals surface area contributed by atoms with Crippen LogP contribution >= 0.6 is 0 Å². The summed E-state index contributed by atoms with van der Waals surface area (Å²) in [4.78, 5) is 0.977. The molecular formula is C54H35NO. The molecule has 0 unspecified atom stereocenters. The monoisotopic (exact) mass is 725 g/mol. The third-order valence-corrected chi connectivity index (χ3v) is 10.3. The molecule has 1 heterocycles. The Balaban J connectivity index is 1.29. The van der Waals surface area contributed by atoms with Gasteiger partial charge in [-0.1, -0.05) is 164 Å². The molecule has 56 heavy (non-hydrogen) atoms. The fourth-order valence-electron chi connectivity index (χ4n) is 7.72. The van der Waals surface area contributed by atoms with Gasteiger partial charge in [-0.15, -0.1) is 0 Å². The second kappa shape index (κ2) is 13.2. The van der Waals surface area contributed by atoms with Crippen molar-refractivity contribution in [1.29, 1.82) is 0 Å². The molecule has 2 heteroatoms. The zero-order chi connectivity index (χ0) is 47.4. The smallest absolute Gasteiger partial charge is 0.136 e. The van der Waals surface area contributed by atoms with Gasteiger partial charge >= 0.3 is 0 Å². The summed E-state index contributed by atoms with van der Waals surface area (Å²) in [6.45, 7) is 0. The van der Waals surface area contributed by atoms with E-state index in [0.29, 0.717) is 43.8 Å². The highest BCUT2D eigenvalue weighted by Gasteiger charge is 2.21. The van der Waals surface area contributed by atoms with Crippen LogP contribution in [0.3, 0.4) is 0 Å². The van der Waals surface area contributed by atoms with E-state index in [4.69, 9.17) is 7.16 Å².